The number of carbonyl (C=O) groups excluding carboxylic acids is 1. The van der Waals surface area contributed by atoms with Crippen molar-refractivity contribution in [1.29, 1.82) is 0 Å². The molecular weight excluding hydrogens is 609 g/mol. The largest absolute Gasteiger partial charge is 0.481 e. The number of hydrogen-bond donors (Lipinski definition) is 2. The Labute approximate surface area is 277 Å². The molecule has 1 heterocycles. The molecule has 5 nitrogen and oxygen atoms in total. The van der Waals surface area contributed by atoms with Crippen LogP contribution in [0.25, 0.3) is 10.1 Å². The molecule has 0 radical (unpaired) electrons. The van der Waals surface area contributed by atoms with E-state index in [-0.39, 0.29) is 29.6 Å². The summed E-state index contributed by atoms with van der Waals surface area (Å²) in [5.74, 6) is -1.44. The van der Waals surface area contributed by atoms with Crippen LogP contribution >= 0.6 is 11.3 Å². The summed E-state index contributed by atoms with van der Waals surface area (Å²) in [6.45, 7) is 6.79. The third-order valence-corrected chi connectivity index (χ3v) is 15.2. The number of unbranched alkanes of at least 4 members (excludes halogenated alkanes) is 1. The Morgan fingerprint density at radius 2 is 1.61 bits per heavy atom. The maximum atomic E-state index is 13.3. The highest BCUT2D eigenvalue weighted by Crippen LogP contribution is 2.43. The van der Waals surface area contributed by atoms with Crippen molar-refractivity contribution in [2.45, 2.75) is 70.1 Å². The van der Waals surface area contributed by atoms with Crippen LogP contribution in [0.15, 0.2) is 115 Å². The Morgan fingerprint density at radius 1 is 0.978 bits per heavy atom. The van der Waals surface area contributed by atoms with E-state index in [1.807, 2.05) is 36.4 Å². The lowest BCUT2D eigenvalue weighted by molar-refractivity contribution is -0.137. The highest BCUT2D eigenvalue weighted by molar-refractivity contribution is 7.19. The zero-order chi connectivity index (χ0) is 32.7. The number of allylic oxidation sites excluding steroid dienone is 3. The molecule has 46 heavy (non-hydrogen) atoms. The summed E-state index contributed by atoms with van der Waals surface area (Å²) in [5.41, 5.74) is 0. The molecule has 4 aromatic rings. The summed E-state index contributed by atoms with van der Waals surface area (Å²) >= 11 is 1.71. The molecule has 1 fully saturated rings. The maximum Gasteiger partial charge on any atom is 0.303 e. The van der Waals surface area contributed by atoms with Gasteiger partial charge in [-0.2, -0.15) is 0 Å². The van der Waals surface area contributed by atoms with Crippen LogP contribution in [0, 0.1) is 11.8 Å². The van der Waals surface area contributed by atoms with E-state index in [0.717, 1.165) is 10.3 Å². The number of carboxylic acids is 1. The lowest BCUT2D eigenvalue weighted by atomic mass is 9.90. The molecular formula is C39H44O5SSi. The van der Waals surface area contributed by atoms with E-state index in [1.54, 1.807) is 11.3 Å². The minimum atomic E-state index is -2.94. The van der Waals surface area contributed by atoms with Gasteiger partial charge in [0.25, 0.3) is 8.32 Å². The van der Waals surface area contributed by atoms with Crippen molar-refractivity contribution >= 4 is 51.9 Å². The summed E-state index contributed by atoms with van der Waals surface area (Å²) in [5, 5.41) is 23.1. The molecule has 3 aromatic carbocycles. The van der Waals surface area contributed by atoms with Crippen LogP contribution in [0.1, 0.15) is 63.9 Å². The van der Waals surface area contributed by atoms with Gasteiger partial charge in [0.1, 0.15) is 5.78 Å². The lowest BCUT2D eigenvalue weighted by Crippen LogP contribution is -2.66. The zero-order valence-electron chi connectivity index (χ0n) is 26.8. The quantitative estimate of drug-likeness (QED) is 0.0874. The fraction of sp³-hybridized carbons (Fsp3) is 0.333. The van der Waals surface area contributed by atoms with Gasteiger partial charge in [-0.05, 0) is 52.2 Å². The van der Waals surface area contributed by atoms with Gasteiger partial charge < -0.3 is 14.6 Å². The first-order valence-electron chi connectivity index (χ1n) is 16.1. The molecule has 0 unspecified atom stereocenters. The van der Waals surface area contributed by atoms with Crippen LogP contribution in [0.5, 0.6) is 0 Å². The molecule has 240 valence electrons. The van der Waals surface area contributed by atoms with Gasteiger partial charge in [-0.25, -0.2) is 0 Å². The summed E-state index contributed by atoms with van der Waals surface area (Å²) in [7, 11) is -2.94. The molecule has 1 aliphatic rings. The molecule has 1 saturated carbocycles. The molecule has 0 spiro atoms. The molecule has 1 aromatic heterocycles. The van der Waals surface area contributed by atoms with Crippen LogP contribution in [-0.4, -0.2) is 36.4 Å². The molecule has 7 heteroatoms. The van der Waals surface area contributed by atoms with Crippen molar-refractivity contribution in [3.8, 4) is 0 Å². The van der Waals surface area contributed by atoms with E-state index in [1.165, 1.54) is 15.1 Å². The Bertz CT molecular complexity index is 1600. The van der Waals surface area contributed by atoms with Crippen molar-refractivity contribution in [2.75, 3.05) is 0 Å². The third-order valence-electron chi connectivity index (χ3n) is 9.01. The van der Waals surface area contributed by atoms with Gasteiger partial charge in [0.2, 0.25) is 0 Å². The number of aliphatic hydroxyl groups excluding tert-OH is 1. The third kappa shape index (κ3) is 7.50. The number of carbonyl (C=O) groups is 2. The van der Waals surface area contributed by atoms with E-state index >= 15 is 0 Å². The number of Topliss-reactive ketones (excluding diaryl/α,β-unsaturated/α-hetero) is 1. The molecule has 2 N–H and O–H groups in total. The number of ketones is 1. The molecule has 0 saturated heterocycles. The highest BCUT2D eigenvalue weighted by atomic mass is 32.1. The van der Waals surface area contributed by atoms with Crippen LogP contribution < -0.4 is 10.4 Å². The Balaban J connectivity index is 1.54. The number of fused-ring (bicyclic) bond motifs is 1. The smallest absolute Gasteiger partial charge is 0.303 e. The van der Waals surface area contributed by atoms with Gasteiger partial charge in [-0.3, -0.25) is 9.59 Å². The van der Waals surface area contributed by atoms with Crippen LogP contribution in [0.4, 0.5) is 0 Å². The average molecular weight is 653 g/mol. The van der Waals surface area contributed by atoms with Crippen LogP contribution in [0.3, 0.4) is 0 Å². The standard InChI is InChI=1S/C39H44O5SSi/c1-39(2,3)46(29-17-8-6-9-18-29,30-19-10-7-11-20-30)44-35(37-26-28-16-14-15-22-36(28)45-37)25-24-32-31(33(40)27-34(32)41)21-12-4-5-13-23-38(42)43/h4,6-12,14-20,22,24-26,31-33,35,40H,5,13,21,23,27H2,1-3H3,(H,42,43)/b12-4+,25-24+/t31-,32-,33+,35-/m1/s1. The van der Waals surface area contributed by atoms with Crippen LogP contribution in [0.2, 0.25) is 5.04 Å². The predicted octanol–water partition coefficient (Wildman–Crippen LogP) is 7.84. The molecule has 0 bridgehead atoms. The SMILES string of the molecule is CC(C)(C)[Si](O[C@H](/C=C/[C@H]1C(=O)C[C@H](O)[C@@H]1C/C=C/CCCC(=O)O)c1cc2ccccc2s1)(c1ccccc1)c1ccccc1. The first-order chi connectivity index (χ1) is 22.1. The van der Waals surface area contributed by atoms with Gasteiger partial charge in [-0.15, -0.1) is 11.3 Å². The molecule has 0 aliphatic heterocycles. The second kappa shape index (κ2) is 14.9. The Morgan fingerprint density at radius 3 is 2.22 bits per heavy atom. The van der Waals surface area contributed by atoms with E-state index in [4.69, 9.17) is 9.53 Å². The Hall–Kier alpha value is -3.62. The highest BCUT2D eigenvalue weighted by Gasteiger charge is 2.51. The minimum Gasteiger partial charge on any atom is -0.481 e. The number of thiophene rings is 1. The molecule has 5 rings (SSSR count). The fourth-order valence-corrected chi connectivity index (χ4v) is 12.5. The van der Waals surface area contributed by atoms with E-state index in [2.05, 4.69) is 99.6 Å². The van der Waals surface area contributed by atoms with Crippen molar-refractivity contribution in [3.63, 3.8) is 0 Å². The molecule has 4 atom stereocenters. The molecule has 0 amide bonds. The summed E-state index contributed by atoms with van der Waals surface area (Å²) in [6, 6.07) is 31.7. The number of carboxylic acid groups (broad SMARTS) is 1. The second-order valence-corrected chi connectivity index (χ2v) is 18.6. The second-order valence-electron chi connectivity index (χ2n) is 13.2. The number of benzene rings is 3. The topological polar surface area (TPSA) is 83.8 Å². The van der Waals surface area contributed by atoms with E-state index in [0.29, 0.717) is 19.3 Å². The zero-order valence-corrected chi connectivity index (χ0v) is 28.7. The number of rotatable bonds is 13. The van der Waals surface area contributed by atoms with Gasteiger partial charge >= 0.3 is 5.97 Å². The van der Waals surface area contributed by atoms with Gasteiger partial charge in [0, 0.05) is 34.3 Å². The average Bonchev–Trinajstić information content (AvgIpc) is 3.58. The van der Waals surface area contributed by atoms with E-state index in [9.17, 15) is 14.7 Å². The van der Waals surface area contributed by atoms with E-state index < -0.39 is 32.4 Å². The van der Waals surface area contributed by atoms with Crippen LogP contribution in [-0.2, 0) is 14.0 Å². The monoisotopic (exact) mass is 652 g/mol. The first-order valence-corrected chi connectivity index (χ1v) is 18.9. The number of aliphatic carboxylic acids is 1. The number of aliphatic hydroxyl groups is 1. The lowest BCUT2D eigenvalue weighted by Gasteiger charge is -2.44. The van der Waals surface area contributed by atoms with Gasteiger partial charge in [0.05, 0.1) is 12.2 Å². The predicted molar refractivity (Wildman–Crippen MR) is 190 cm³/mol. The van der Waals surface area contributed by atoms with Gasteiger partial charge in [-0.1, -0.05) is 124 Å². The summed E-state index contributed by atoms with van der Waals surface area (Å²) in [4.78, 5) is 25.2. The van der Waals surface area contributed by atoms with Crippen molar-refractivity contribution in [3.05, 3.63) is 120 Å². The maximum absolute atomic E-state index is 13.3. The van der Waals surface area contributed by atoms with Crippen molar-refractivity contribution < 1.29 is 24.2 Å². The van der Waals surface area contributed by atoms with Gasteiger partial charge in [0.15, 0.2) is 0 Å². The number of hydrogen-bond acceptors (Lipinski definition) is 5. The Kier molecular flexibility index (Phi) is 10.9. The van der Waals surface area contributed by atoms with Crippen molar-refractivity contribution in [1.82, 2.24) is 0 Å². The minimum absolute atomic E-state index is 0.0357. The van der Waals surface area contributed by atoms with Crippen molar-refractivity contribution in [2.24, 2.45) is 11.8 Å². The summed E-state index contributed by atoms with van der Waals surface area (Å²) in [6.07, 6.45) is 8.90. The molecule has 1 aliphatic carbocycles. The summed E-state index contributed by atoms with van der Waals surface area (Å²) < 4.78 is 8.80. The fourth-order valence-electron chi connectivity index (χ4n) is 6.70. The first kappa shape index (κ1) is 33.7. The normalized spacial score (nSPS) is 19.8.